The van der Waals surface area contributed by atoms with Gasteiger partial charge in [-0.05, 0) is 61.4 Å². The zero-order valence-corrected chi connectivity index (χ0v) is 13.3. The predicted octanol–water partition coefficient (Wildman–Crippen LogP) is 4.41. The molecule has 0 heterocycles. The van der Waals surface area contributed by atoms with Crippen LogP contribution in [-0.4, -0.2) is 8.42 Å². The van der Waals surface area contributed by atoms with Crippen molar-refractivity contribution in [1.82, 2.24) is 0 Å². The Bertz CT molecular complexity index is 758. The quantitative estimate of drug-likeness (QED) is 0.906. The number of rotatable bonds is 3. The van der Waals surface area contributed by atoms with Gasteiger partial charge in [-0.2, -0.15) is 0 Å². The summed E-state index contributed by atoms with van der Waals surface area (Å²) in [6, 6.07) is 9.56. The summed E-state index contributed by atoms with van der Waals surface area (Å²) >= 11 is 11.8. The maximum absolute atomic E-state index is 12.3. The summed E-state index contributed by atoms with van der Waals surface area (Å²) in [5.74, 6) is 0. The molecule has 0 saturated carbocycles. The first-order chi connectivity index (χ1) is 9.29. The average Bonchev–Trinajstić information content (AvgIpc) is 2.36. The van der Waals surface area contributed by atoms with Crippen LogP contribution in [0.2, 0.25) is 10.0 Å². The molecule has 0 saturated heterocycles. The molecule has 0 atom stereocenters. The Morgan fingerprint density at radius 1 is 0.950 bits per heavy atom. The van der Waals surface area contributed by atoms with Crippen LogP contribution in [0, 0.1) is 13.8 Å². The molecule has 0 bridgehead atoms. The van der Waals surface area contributed by atoms with Gasteiger partial charge in [0, 0.05) is 10.0 Å². The molecule has 3 nitrogen and oxygen atoms in total. The van der Waals surface area contributed by atoms with Crippen molar-refractivity contribution in [1.29, 1.82) is 0 Å². The van der Waals surface area contributed by atoms with Crippen LogP contribution < -0.4 is 4.72 Å². The van der Waals surface area contributed by atoms with E-state index in [0.29, 0.717) is 21.3 Å². The zero-order chi connectivity index (χ0) is 14.9. The maximum atomic E-state index is 12.3. The predicted molar refractivity (Wildman–Crippen MR) is 83.2 cm³/mol. The van der Waals surface area contributed by atoms with Gasteiger partial charge < -0.3 is 0 Å². The average molecular weight is 330 g/mol. The van der Waals surface area contributed by atoms with Gasteiger partial charge in [-0.1, -0.05) is 23.2 Å². The Kier molecular flexibility index (Phi) is 4.28. The highest BCUT2D eigenvalue weighted by atomic mass is 35.5. The minimum atomic E-state index is -3.64. The molecule has 0 spiro atoms. The lowest BCUT2D eigenvalue weighted by molar-refractivity contribution is 0.601. The third kappa shape index (κ3) is 3.26. The Labute approximate surface area is 128 Å². The molecule has 0 aliphatic rings. The molecule has 20 heavy (non-hydrogen) atoms. The number of sulfonamides is 1. The molecule has 0 amide bonds. The van der Waals surface area contributed by atoms with Gasteiger partial charge >= 0.3 is 0 Å². The molecule has 0 aliphatic heterocycles. The molecule has 106 valence electrons. The topological polar surface area (TPSA) is 46.2 Å². The lowest BCUT2D eigenvalue weighted by Gasteiger charge is -2.11. The molecule has 1 N–H and O–H groups in total. The molecule has 6 heteroatoms. The number of hydrogen-bond donors (Lipinski definition) is 1. The van der Waals surface area contributed by atoms with Crippen LogP contribution in [0.25, 0.3) is 0 Å². The second-order valence-corrected chi connectivity index (χ2v) is 7.00. The van der Waals surface area contributed by atoms with Crippen LogP contribution in [0.3, 0.4) is 0 Å². The SMILES string of the molecule is Cc1cc(S(=O)(=O)Nc2ccc(Cl)cc2C)ccc1Cl. The van der Waals surface area contributed by atoms with E-state index in [0.717, 1.165) is 5.56 Å². The van der Waals surface area contributed by atoms with E-state index in [4.69, 9.17) is 23.2 Å². The number of hydrogen-bond acceptors (Lipinski definition) is 2. The van der Waals surface area contributed by atoms with Crippen LogP contribution >= 0.6 is 23.2 Å². The van der Waals surface area contributed by atoms with Crippen molar-refractivity contribution in [2.45, 2.75) is 18.7 Å². The van der Waals surface area contributed by atoms with Gasteiger partial charge in [0.25, 0.3) is 10.0 Å². The van der Waals surface area contributed by atoms with Gasteiger partial charge in [-0.25, -0.2) is 8.42 Å². The van der Waals surface area contributed by atoms with Gasteiger partial charge in [-0.15, -0.1) is 0 Å². The minimum Gasteiger partial charge on any atom is -0.279 e. The second-order valence-electron chi connectivity index (χ2n) is 4.48. The zero-order valence-electron chi connectivity index (χ0n) is 10.9. The summed E-state index contributed by atoms with van der Waals surface area (Å²) in [5.41, 5.74) is 1.97. The van der Waals surface area contributed by atoms with Crippen molar-refractivity contribution in [3.8, 4) is 0 Å². The minimum absolute atomic E-state index is 0.175. The normalized spacial score (nSPS) is 11.4. The van der Waals surface area contributed by atoms with Crippen LogP contribution in [0.4, 0.5) is 5.69 Å². The van der Waals surface area contributed by atoms with Crippen LogP contribution in [-0.2, 0) is 10.0 Å². The number of halogens is 2. The lowest BCUT2D eigenvalue weighted by atomic mass is 10.2. The fourth-order valence-corrected chi connectivity index (χ4v) is 3.29. The highest BCUT2D eigenvalue weighted by Crippen LogP contribution is 2.24. The Morgan fingerprint density at radius 3 is 2.25 bits per heavy atom. The van der Waals surface area contributed by atoms with Crippen molar-refractivity contribution in [3.63, 3.8) is 0 Å². The maximum Gasteiger partial charge on any atom is 0.261 e. The number of benzene rings is 2. The van der Waals surface area contributed by atoms with Crippen molar-refractivity contribution in [2.75, 3.05) is 4.72 Å². The summed E-state index contributed by atoms with van der Waals surface area (Å²) in [4.78, 5) is 0.175. The van der Waals surface area contributed by atoms with E-state index in [1.54, 1.807) is 38.1 Å². The van der Waals surface area contributed by atoms with E-state index >= 15 is 0 Å². The molecule has 0 radical (unpaired) electrons. The summed E-state index contributed by atoms with van der Waals surface area (Å²) in [7, 11) is -3.64. The van der Waals surface area contributed by atoms with Gasteiger partial charge in [0.2, 0.25) is 0 Å². The summed E-state index contributed by atoms with van der Waals surface area (Å²) < 4.78 is 27.2. The molecule has 0 unspecified atom stereocenters. The first-order valence-electron chi connectivity index (χ1n) is 5.85. The van der Waals surface area contributed by atoms with Gasteiger partial charge in [0.05, 0.1) is 10.6 Å². The molecule has 2 aromatic carbocycles. The first-order valence-corrected chi connectivity index (χ1v) is 8.08. The molecular weight excluding hydrogens is 317 g/mol. The van der Waals surface area contributed by atoms with Crippen molar-refractivity contribution >= 4 is 38.9 Å². The molecule has 2 rings (SSSR count). The molecular formula is C14H13Cl2NO2S. The molecule has 2 aromatic rings. The van der Waals surface area contributed by atoms with E-state index in [9.17, 15) is 8.42 Å². The van der Waals surface area contributed by atoms with E-state index in [-0.39, 0.29) is 4.90 Å². The van der Waals surface area contributed by atoms with E-state index in [2.05, 4.69) is 4.72 Å². The Morgan fingerprint density at radius 2 is 1.65 bits per heavy atom. The molecule has 0 aromatic heterocycles. The van der Waals surface area contributed by atoms with E-state index in [1.165, 1.54) is 12.1 Å². The Balaban J connectivity index is 2.38. The Hall–Kier alpha value is -1.23. The van der Waals surface area contributed by atoms with Crippen molar-refractivity contribution in [3.05, 3.63) is 57.6 Å². The van der Waals surface area contributed by atoms with Crippen LogP contribution in [0.1, 0.15) is 11.1 Å². The van der Waals surface area contributed by atoms with E-state index < -0.39 is 10.0 Å². The number of aryl methyl sites for hydroxylation is 2. The van der Waals surface area contributed by atoms with Gasteiger partial charge in [0.15, 0.2) is 0 Å². The second kappa shape index (κ2) is 5.64. The van der Waals surface area contributed by atoms with Crippen molar-refractivity contribution in [2.24, 2.45) is 0 Å². The summed E-state index contributed by atoms with van der Waals surface area (Å²) in [6.07, 6.45) is 0. The fraction of sp³-hybridized carbons (Fsp3) is 0.143. The van der Waals surface area contributed by atoms with Gasteiger partial charge in [0.1, 0.15) is 0 Å². The summed E-state index contributed by atoms with van der Waals surface area (Å²) in [6.45, 7) is 3.55. The smallest absolute Gasteiger partial charge is 0.261 e. The monoisotopic (exact) mass is 329 g/mol. The number of anilines is 1. The van der Waals surface area contributed by atoms with Crippen LogP contribution in [0.5, 0.6) is 0 Å². The largest absolute Gasteiger partial charge is 0.279 e. The third-order valence-corrected chi connectivity index (χ3v) is 4.89. The van der Waals surface area contributed by atoms with Gasteiger partial charge in [-0.3, -0.25) is 4.72 Å². The highest BCUT2D eigenvalue weighted by molar-refractivity contribution is 7.92. The lowest BCUT2D eigenvalue weighted by Crippen LogP contribution is -2.13. The van der Waals surface area contributed by atoms with Crippen LogP contribution in [0.15, 0.2) is 41.3 Å². The molecule has 0 fully saturated rings. The standard InChI is InChI=1S/C14H13Cl2NO2S/c1-9-8-12(4-5-13(9)16)20(18,19)17-14-6-3-11(15)7-10(14)2/h3-8,17H,1-2H3. The fourth-order valence-electron chi connectivity index (χ4n) is 1.73. The number of nitrogens with one attached hydrogen (secondary N) is 1. The highest BCUT2D eigenvalue weighted by Gasteiger charge is 2.16. The summed E-state index contributed by atoms with van der Waals surface area (Å²) in [5, 5.41) is 1.10. The molecule has 0 aliphatic carbocycles. The third-order valence-electron chi connectivity index (χ3n) is 2.87. The first kappa shape index (κ1) is 15.2. The van der Waals surface area contributed by atoms with E-state index in [1.807, 2.05) is 0 Å². The van der Waals surface area contributed by atoms with Crippen molar-refractivity contribution < 1.29 is 8.42 Å².